The molecule has 1 aromatic heterocycles. The van der Waals surface area contributed by atoms with E-state index in [1.165, 1.54) is 0 Å². The van der Waals surface area contributed by atoms with Crippen LogP contribution in [0.15, 0.2) is 30.6 Å². The molecule has 0 saturated heterocycles. The van der Waals surface area contributed by atoms with E-state index in [1.807, 2.05) is 12.1 Å². The number of carbonyl (C=O) groups excluding carboxylic acids is 1. The maximum atomic E-state index is 12.3. The molecule has 1 saturated carbocycles. The molecule has 104 valence electrons. The molecule has 5 heteroatoms. The molecule has 0 spiro atoms. The SMILES string of the molecule is NC1CCCC1CNC(=O)c1cccc2nccnc12. The molecule has 1 fully saturated rings. The van der Waals surface area contributed by atoms with Crippen LogP contribution in [-0.2, 0) is 0 Å². The molecule has 0 bridgehead atoms. The van der Waals surface area contributed by atoms with Gasteiger partial charge in [0.15, 0.2) is 0 Å². The molecule has 0 radical (unpaired) electrons. The van der Waals surface area contributed by atoms with Crippen molar-refractivity contribution in [2.45, 2.75) is 25.3 Å². The van der Waals surface area contributed by atoms with Crippen molar-refractivity contribution in [3.63, 3.8) is 0 Å². The topological polar surface area (TPSA) is 80.9 Å². The monoisotopic (exact) mass is 270 g/mol. The van der Waals surface area contributed by atoms with Crippen LogP contribution >= 0.6 is 0 Å². The van der Waals surface area contributed by atoms with Crippen LogP contribution in [0, 0.1) is 5.92 Å². The van der Waals surface area contributed by atoms with E-state index in [-0.39, 0.29) is 11.9 Å². The van der Waals surface area contributed by atoms with Crippen molar-refractivity contribution < 1.29 is 4.79 Å². The van der Waals surface area contributed by atoms with Crippen LogP contribution in [0.25, 0.3) is 11.0 Å². The van der Waals surface area contributed by atoms with Crippen LogP contribution in [-0.4, -0.2) is 28.5 Å². The minimum atomic E-state index is -0.102. The van der Waals surface area contributed by atoms with E-state index in [2.05, 4.69) is 15.3 Å². The average Bonchev–Trinajstić information content (AvgIpc) is 2.89. The Labute approximate surface area is 117 Å². The van der Waals surface area contributed by atoms with Crippen molar-refractivity contribution in [3.8, 4) is 0 Å². The molecular formula is C15H18N4O. The quantitative estimate of drug-likeness (QED) is 0.885. The summed E-state index contributed by atoms with van der Waals surface area (Å²) in [6.45, 7) is 0.636. The number of aromatic nitrogens is 2. The predicted octanol–water partition coefficient (Wildman–Crippen LogP) is 1.49. The van der Waals surface area contributed by atoms with E-state index in [0.717, 1.165) is 24.8 Å². The van der Waals surface area contributed by atoms with Gasteiger partial charge < -0.3 is 11.1 Å². The third-order valence-electron chi connectivity index (χ3n) is 3.99. The van der Waals surface area contributed by atoms with E-state index < -0.39 is 0 Å². The number of nitrogens with two attached hydrogens (primary N) is 1. The van der Waals surface area contributed by atoms with E-state index >= 15 is 0 Å². The van der Waals surface area contributed by atoms with Crippen LogP contribution in [0.2, 0.25) is 0 Å². The largest absolute Gasteiger partial charge is 0.352 e. The summed E-state index contributed by atoms with van der Waals surface area (Å²) in [4.78, 5) is 20.8. The zero-order valence-electron chi connectivity index (χ0n) is 11.2. The summed E-state index contributed by atoms with van der Waals surface area (Å²) in [6, 6.07) is 5.67. The Bertz CT molecular complexity index is 623. The standard InChI is InChI=1S/C15H18N4O/c16-12-5-1-3-10(12)9-19-15(20)11-4-2-6-13-14(11)18-8-7-17-13/h2,4,6-8,10,12H,1,3,5,9,16H2,(H,19,20). The van der Waals surface area contributed by atoms with Crippen LogP contribution in [0.3, 0.4) is 0 Å². The number of nitrogens with one attached hydrogen (secondary N) is 1. The number of benzene rings is 1. The summed E-state index contributed by atoms with van der Waals surface area (Å²) in [7, 11) is 0. The van der Waals surface area contributed by atoms with E-state index in [4.69, 9.17) is 5.73 Å². The second-order valence-corrected chi connectivity index (χ2v) is 5.29. The number of nitrogens with zero attached hydrogens (tertiary/aromatic N) is 2. The number of hydrogen-bond donors (Lipinski definition) is 2. The van der Waals surface area contributed by atoms with Gasteiger partial charge in [0.1, 0.15) is 5.52 Å². The van der Waals surface area contributed by atoms with E-state index in [1.54, 1.807) is 18.5 Å². The summed E-state index contributed by atoms with van der Waals surface area (Å²) in [5, 5.41) is 2.98. The van der Waals surface area contributed by atoms with Crippen molar-refractivity contribution in [2.75, 3.05) is 6.54 Å². The molecular weight excluding hydrogens is 252 g/mol. The first kappa shape index (κ1) is 13.0. The van der Waals surface area contributed by atoms with E-state index in [9.17, 15) is 4.79 Å². The Morgan fingerprint density at radius 1 is 1.30 bits per heavy atom. The molecule has 1 aliphatic rings. The first-order chi connectivity index (χ1) is 9.75. The third-order valence-corrected chi connectivity index (χ3v) is 3.99. The first-order valence-corrected chi connectivity index (χ1v) is 6.99. The minimum Gasteiger partial charge on any atom is -0.352 e. The summed E-state index contributed by atoms with van der Waals surface area (Å²) >= 11 is 0. The van der Waals surface area contributed by atoms with Gasteiger partial charge in [-0.25, -0.2) is 0 Å². The molecule has 2 aromatic rings. The van der Waals surface area contributed by atoms with Crippen molar-refractivity contribution in [2.24, 2.45) is 11.7 Å². The van der Waals surface area contributed by atoms with Gasteiger partial charge >= 0.3 is 0 Å². The Hall–Kier alpha value is -2.01. The lowest BCUT2D eigenvalue weighted by Gasteiger charge is -2.16. The number of para-hydroxylation sites is 1. The highest BCUT2D eigenvalue weighted by molar-refractivity contribution is 6.04. The van der Waals surface area contributed by atoms with Crippen molar-refractivity contribution in [1.82, 2.24) is 15.3 Å². The molecule has 1 heterocycles. The van der Waals surface area contributed by atoms with Gasteiger partial charge in [-0.3, -0.25) is 14.8 Å². The molecule has 20 heavy (non-hydrogen) atoms. The fourth-order valence-corrected chi connectivity index (χ4v) is 2.81. The molecule has 3 N–H and O–H groups in total. The van der Waals surface area contributed by atoms with Gasteiger partial charge in [-0.05, 0) is 30.9 Å². The highest BCUT2D eigenvalue weighted by Gasteiger charge is 2.24. The fourth-order valence-electron chi connectivity index (χ4n) is 2.81. The summed E-state index contributed by atoms with van der Waals surface area (Å²) < 4.78 is 0. The first-order valence-electron chi connectivity index (χ1n) is 6.99. The molecule has 3 rings (SSSR count). The number of hydrogen-bond acceptors (Lipinski definition) is 4. The number of rotatable bonds is 3. The molecule has 1 amide bonds. The number of amides is 1. The van der Waals surface area contributed by atoms with Gasteiger partial charge in [0.05, 0.1) is 11.1 Å². The Kier molecular flexibility index (Phi) is 3.60. The van der Waals surface area contributed by atoms with Crippen molar-refractivity contribution in [3.05, 3.63) is 36.2 Å². The lowest BCUT2D eigenvalue weighted by Crippen LogP contribution is -2.36. The fraction of sp³-hybridized carbons (Fsp3) is 0.400. The maximum absolute atomic E-state index is 12.3. The molecule has 5 nitrogen and oxygen atoms in total. The van der Waals surface area contributed by atoms with Gasteiger partial charge in [-0.1, -0.05) is 12.5 Å². The van der Waals surface area contributed by atoms with Crippen LogP contribution in [0.5, 0.6) is 0 Å². The highest BCUT2D eigenvalue weighted by Crippen LogP contribution is 2.23. The Morgan fingerprint density at radius 2 is 2.15 bits per heavy atom. The number of fused-ring (bicyclic) bond motifs is 1. The van der Waals surface area contributed by atoms with Crippen molar-refractivity contribution in [1.29, 1.82) is 0 Å². The second-order valence-electron chi connectivity index (χ2n) is 5.29. The number of carbonyl (C=O) groups is 1. The lowest BCUT2D eigenvalue weighted by atomic mass is 10.0. The van der Waals surface area contributed by atoms with Gasteiger partial charge in [0.25, 0.3) is 5.91 Å². The summed E-state index contributed by atoms with van der Waals surface area (Å²) in [5.41, 5.74) is 7.97. The third kappa shape index (κ3) is 2.49. The van der Waals surface area contributed by atoms with Gasteiger partial charge in [-0.2, -0.15) is 0 Å². The summed E-state index contributed by atoms with van der Waals surface area (Å²) in [5.74, 6) is 0.287. The van der Waals surface area contributed by atoms with Gasteiger partial charge in [-0.15, -0.1) is 0 Å². The van der Waals surface area contributed by atoms with E-state index in [0.29, 0.717) is 23.5 Å². The smallest absolute Gasteiger partial charge is 0.253 e. The molecule has 2 atom stereocenters. The molecule has 0 aliphatic heterocycles. The zero-order valence-corrected chi connectivity index (χ0v) is 11.2. The van der Waals surface area contributed by atoms with Crippen LogP contribution in [0.1, 0.15) is 29.6 Å². The molecule has 1 aliphatic carbocycles. The van der Waals surface area contributed by atoms with Gasteiger partial charge in [0, 0.05) is 25.0 Å². The Morgan fingerprint density at radius 3 is 2.95 bits per heavy atom. The zero-order chi connectivity index (χ0) is 13.9. The predicted molar refractivity (Wildman–Crippen MR) is 77.2 cm³/mol. The Balaban J connectivity index is 1.75. The summed E-state index contributed by atoms with van der Waals surface area (Å²) in [6.07, 6.45) is 6.53. The second kappa shape index (κ2) is 5.54. The normalized spacial score (nSPS) is 22.1. The minimum absolute atomic E-state index is 0.102. The highest BCUT2D eigenvalue weighted by atomic mass is 16.1. The van der Waals surface area contributed by atoms with Crippen molar-refractivity contribution >= 4 is 16.9 Å². The van der Waals surface area contributed by atoms with Crippen LogP contribution in [0.4, 0.5) is 0 Å². The molecule has 2 unspecified atom stereocenters. The van der Waals surface area contributed by atoms with Crippen LogP contribution < -0.4 is 11.1 Å². The molecule has 1 aromatic carbocycles. The average molecular weight is 270 g/mol. The van der Waals surface area contributed by atoms with Gasteiger partial charge in [0.2, 0.25) is 0 Å². The maximum Gasteiger partial charge on any atom is 0.253 e. The lowest BCUT2D eigenvalue weighted by molar-refractivity contribution is 0.0948.